The Hall–Kier alpha value is -2.08. The second kappa shape index (κ2) is 7.66. The van der Waals surface area contributed by atoms with Crippen molar-refractivity contribution in [2.45, 2.75) is 26.3 Å². The quantitative estimate of drug-likeness (QED) is 0.904. The van der Waals surface area contributed by atoms with Crippen LogP contribution in [0.1, 0.15) is 31.1 Å². The fourth-order valence-corrected chi connectivity index (χ4v) is 2.71. The SMILES string of the molecule is COc1cccc(C(=O)N2CCN(CC(=O)NC(C)(C)C)CC2)c1. The van der Waals surface area contributed by atoms with Crippen LogP contribution in [0.2, 0.25) is 0 Å². The Labute approximate surface area is 143 Å². The summed E-state index contributed by atoms with van der Waals surface area (Å²) in [6.07, 6.45) is 0. The molecular formula is C18H27N3O3. The first-order valence-electron chi connectivity index (χ1n) is 8.25. The third-order valence-corrected chi connectivity index (χ3v) is 3.86. The van der Waals surface area contributed by atoms with Gasteiger partial charge in [0.05, 0.1) is 13.7 Å². The van der Waals surface area contributed by atoms with Gasteiger partial charge >= 0.3 is 0 Å². The van der Waals surface area contributed by atoms with E-state index >= 15 is 0 Å². The minimum absolute atomic E-state index is 0.00712. The highest BCUT2D eigenvalue weighted by molar-refractivity contribution is 5.94. The normalized spacial score (nSPS) is 15.9. The van der Waals surface area contributed by atoms with Crippen LogP contribution >= 0.6 is 0 Å². The molecule has 1 aromatic carbocycles. The van der Waals surface area contributed by atoms with E-state index in [-0.39, 0.29) is 17.4 Å². The monoisotopic (exact) mass is 333 g/mol. The Morgan fingerprint density at radius 1 is 1.17 bits per heavy atom. The summed E-state index contributed by atoms with van der Waals surface area (Å²) < 4.78 is 5.17. The summed E-state index contributed by atoms with van der Waals surface area (Å²) in [7, 11) is 1.59. The van der Waals surface area contributed by atoms with Gasteiger partial charge in [0, 0.05) is 37.3 Å². The van der Waals surface area contributed by atoms with Crippen LogP contribution in [0.5, 0.6) is 5.75 Å². The molecule has 1 N–H and O–H groups in total. The largest absolute Gasteiger partial charge is 0.497 e. The van der Waals surface area contributed by atoms with E-state index in [9.17, 15) is 9.59 Å². The topological polar surface area (TPSA) is 61.9 Å². The Morgan fingerprint density at radius 3 is 2.42 bits per heavy atom. The molecule has 1 heterocycles. The summed E-state index contributed by atoms with van der Waals surface area (Å²) in [6.45, 7) is 8.93. The van der Waals surface area contributed by atoms with E-state index in [4.69, 9.17) is 4.74 Å². The van der Waals surface area contributed by atoms with E-state index in [0.717, 1.165) is 0 Å². The molecule has 0 radical (unpaired) electrons. The molecule has 6 heteroatoms. The van der Waals surface area contributed by atoms with Crippen molar-refractivity contribution in [3.05, 3.63) is 29.8 Å². The number of hydrogen-bond donors (Lipinski definition) is 1. The number of benzene rings is 1. The zero-order valence-electron chi connectivity index (χ0n) is 15.0. The Bertz CT molecular complexity index is 587. The maximum Gasteiger partial charge on any atom is 0.254 e. The Morgan fingerprint density at radius 2 is 1.83 bits per heavy atom. The molecule has 6 nitrogen and oxygen atoms in total. The Kier molecular flexibility index (Phi) is 5.83. The second-order valence-corrected chi connectivity index (χ2v) is 7.10. The third kappa shape index (κ3) is 5.23. The van der Waals surface area contributed by atoms with Gasteiger partial charge in [-0.25, -0.2) is 0 Å². The number of methoxy groups -OCH3 is 1. The summed E-state index contributed by atoms with van der Waals surface area (Å²) in [5, 5.41) is 2.96. The Balaban J connectivity index is 1.86. The van der Waals surface area contributed by atoms with E-state index in [2.05, 4.69) is 10.2 Å². The van der Waals surface area contributed by atoms with Crippen molar-refractivity contribution in [1.82, 2.24) is 15.1 Å². The molecule has 0 aromatic heterocycles. The highest BCUT2D eigenvalue weighted by Crippen LogP contribution is 2.15. The van der Waals surface area contributed by atoms with Crippen LogP contribution in [0.25, 0.3) is 0 Å². The maximum atomic E-state index is 12.6. The predicted octanol–water partition coefficient (Wildman–Crippen LogP) is 1.37. The van der Waals surface area contributed by atoms with Crippen LogP contribution in [0.15, 0.2) is 24.3 Å². The lowest BCUT2D eigenvalue weighted by molar-refractivity contribution is -0.124. The van der Waals surface area contributed by atoms with Crippen LogP contribution in [0, 0.1) is 0 Å². The molecular weight excluding hydrogens is 306 g/mol. The molecule has 132 valence electrons. The number of carbonyl (C=O) groups is 2. The molecule has 1 aliphatic rings. The summed E-state index contributed by atoms with van der Waals surface area (Å²) in [4.78, 5) is 28.5. The van der Waals surface area contributed by atoms with E-state index < -0.39 is 0 Å². The van der Waals surface area contributed by atoms with Crippen molar-refractivity contribution in [2.24, 2.45) is 0 Å². The van der Waals surface area contributed by atoms with Crippen molar-refractivity contribution in [3.8, 4) is 5.75 Å². The van der Waals surface area contributed by atoms with Gasteiger partial charge in [0.2, 0.25) is 5.91 Å². The average molecular weight is 333 g/mol. The van der Waals surface area contributed by atoms with Crippen molar-refractivity contribution in [2.75, 3.05) is 39.8 Å². The molecule has 1 saturated heterocycles. The molecule has 24 heavy (non-hydrogen) atoms. The van der Waals surface area contributed by atoms with Gasteiger partial charge in [0.25, 0.3) is 5.91 Å². The smallest absolute Gasteiger partial charge is 0.254 e. The van der Waals surface area contributed by atoms with Gasteiger partial charge in [0.1, 0.15) is 5.75 Å². The number of piperazine rings is 1. The molecule has 0 spiro atoms. The third-order valence-electron chi connectivity index (χ3n) is 3.86. The first-order valence-corrected chi connectivity index (χ1v) is 8.25. The van der Waals surface area contributed by atoms with Gasteiger partial charge in [-0.2, -0.15) is 0 Å². The average Bonchev–Trinajstić information content (AvgIpc) is 2.53. The predicted molar refractivity (Wildman–Crippen MR) is 93.2 cm³/mol. The molecule has 1 aromatic rings. The van der Waals surface area contributed by atoms with Gasteiger partial charge in [-0.05, 0) is 39.0 Å². The number of hydrogen-bond acceptors (Lipinski definition) is 4. The number of ether oxygens (including phenoxy) is 1. The van der Waals surface area contributed by atoms with Crippen molar-refractivity contribution < 1.29 is 14.3 Å². The van der Waals surface area contributed by atoms with Crippen molar-refractivity contribution in [3.63, 3.8) is 0 Å². The lowest BCUT2D eigenvalue weighted by atomic mass is 10.1. The first-order chi connectivity index (χ1) is 11.3. The standard InChI is InChI=1S/C18H27N3O3/c1-18(2,3)19-16(22)13-20-8-10-21(11-9-20)17(23)14-6-5-7-15(12-14)24-4/h5-7,12H,8-11,13H2,1-4H3,(H,19,22). The van der Waals surface area contributed by atoms with Gasteiger partial charge < -0.3 is 15.0 Å². The molecule has 0 unspecified atom stereocenters. The van der Waals surface area contributed by atoms with E-state index in [1.54, 1.807) is 19.2 Å². The molecule has 1 fully saturated rings. The summed E-state index contributed by atoms with van der Waals surface area (Å²) >= 11 is 0. The molecule has 0 aliphatic carbocycles. The highest BCUT2D eigenvalue weighted by Gasteiger charge is 2.24. The van der Waals surface area contributed by atoms with Crippen molar-refractivity contribution in [1.29, 1.82) is 0 Å². The highest BCUT2D eigenvalue weighted by atomic mass is 16.5. The molecule has 0 saturated carbocycles. The van der Waals surface area contributed by atoms with Crippen LogP contribution in [-0.2, 0) is 4.79 Å². The number of amides is 2. The molecule has 2 rings (SSSR count). The van der Waals surface area contributed by atoms with Gasteiger partial charge in [-0.1, -0.05) is 6.07 Å². The summed E-state index contributed by atoms with van der Waals surface area (Å²) in [5.41, 5.74) is 0.412. The minimum atomic E-state index is -0.221. The molecule has 0 bridgehead atoms. The number of nitrogens with one attached hydrogen (secondary N) is 1. The lowest BCUT2D eigenvalue weighted by Crippen LogP contribution is -2.52. The fraction of sp³-hybridized carbons (Fsp3) is 0.556. The zero-order valence-corrected chi connectivity index (χ0v) is 15.0. The van der Waals surface area contributed by atoms with Crippen LogP contribution < -0.4 is 10.1 Å². The molecule has 0 atom stereocenters. The van der Waals surface area contributed by atoms with E-state index in [0.29, 0.717) is 44.0 Å². The second-order valence-electron chi connectivity index (χ2n) is 7.10. The maximum absolute atomic E-state index is 12.6. The van der Waals surface area contributed by atoms with Crippen LogP contribution in [0.4, 0.5) is 0 Å². The van der Waals surface area contributed by atoms with Gasteiger partial charge in [0.15, 0.2) is 0 Å². The zero-order chi connectivity index (χ0) is 17.7. The van der Waals surface area contributed by atoms with Gasteiger partial charge in [-0.3, -0.25) is 14.5 Å². The van der Waals surface area contributed by atoms with Crippen LogP contribution in [-0.4, -0.2) is 67.0 Å². The van der Waals surface area contributed by atoms with Crippen LogP contribution in [0.3, 0.4) is 0 Å². The first kappa shape index (κ1) is 18.3. The summed E-state index contributed by atoms with van der Waals surface area (Å²) in [6, 6.07) is 7.20. The number of rotatable bonds is 4. The number of nitrogens with zero attached hydrogens (tertiary/aromatic N) is 2. The minimum Gasteiger partial charge on any atom is -0.497 e. The lowest BCUT2D eigenvalue weighted by Gasteiger charge is -2.35. The van der Waals surface area contributed by atoms with Crippen molar-refractivity contribution >= 4 is 11.8 Å². The van der Waals surface area contributed by atoms with Gasteiger partial charge in [-0.15, -0.1) is 0 Å². The van der Waals surface area contributed by atoms with E-state index in [1.807, 2.05) is 37.8 Å². The summed E-state index contributed by atoms with van der Waals surface area (Å²) in [5.74, 6) is 0.709. The molecule has 2 amide bonds. The fourth-order valence-electron chi connectivity index (χ4n) is 2.71. The van der Waals surface area contributed by atoms with E-state index in [1.165, 1.54) is 0 Å². The molecule has 1 aliphatic heterocycles. The number of carbonyl (C=O) groups excluding carboxylic acids is 2.